The predicted molar refractivity (Wildman–Crippen MR) is 150 cm³/mol. The number of sulfonamides is 1. The lowest BCUT2D eigenvalue weighted by atomic mass is 9.77. The van der Waals surface area contributed by atoms with E-state index in [9.17, 15) is 8.42 Å². The van der Waals surface area contributed by atoms with E-state index in [1.807, 2.05) is 48.5 Å². The molecule has 1 heterocycles. The number of fused-ring (bicyclic) bond motifs is 3. The molecule has 0 unspecified atom stereocenters. The van der Waals surface area contributed by atoms with Gasteiger partial charge in [0.25, 0.3) is 10.0 Å². The Balaban J connectivity index is 1.23. The first kappa shape index (κ1) is 24.1. The van der Waals surface area contributed by atoms with Crippen LogP contribution in [0, 0.1) is 5.92 Å². The second-order valence-electron chi connectivity index (χ2n) is 9.55. The summed E-state index contributed by atoms with van der Waals surface area (Å²) in [5.41, 5.74) is 3.58. The zero-order valence-corrected chi connectivity index (χ0v) is 21.7. The highest BCUT2D eigenvalue weighted by Crippen LogP contribution is 2.50. The maximum Gasteiger partial charge on any atom is 0.261 e. The average Bonchev–Trinajstić information content (AvgIpc) is 3.44. The van der Waals surface area contributed by atoms with Crippen LogP contribution in [-0.4, -0.2) is 15.5 Å². The number of benzene rings is 4. The normalized spacial score (nSPS) is 19.7. The molecule has 0 amide bonds. The Morgan fingerprint density at radius 3 is 2.39 bits per heavy atom. The van der Waals surface area contributed by atoms with Gasteiger partial charge in [0.15, 0.2) is 0 Å². The van der Waals surface area contributed by atoms with E-state index in [0.717, 1.165) is 34.7 Å². The van der Waals surface area contributed by atoms with E-state index < -0.39 is 10.0 Å². The van der Waals surface area contributed by atoms with E-state index in [4.69, 9.17) is 9.47 Å². The Hall–Kier alpha value is -4.23. The third-order valence-electron chi connectivity index (χ3n) is 7.18. The van der Waals surface area contributed by atoms with Crippen molar-refractivity contribution in [2.45, 2.75) is 23.3 Å². The number of ether oxygens (including phenoxy) is 2. The summed E-state index contributed by atoms with van der Waals surface area (Å²) in [6, 6.07) is 29.9. The van der Waals surface area contributed by atoms with Gasteiger partial charge in [-0.3, -0.25) is 4.72 Å². The molecule has 7 heteroatoms. The van der Waals surface area contributed by atoms with Gasteiger partial charge in [0.05, 0.1) is 18.0 Å². The van der Waals surface area contributed by atoms with Crippen LogP contribution in [0.2, 0.25) is 0 Å². The highest BCUT2D eigenvalue weighted by molar-refractivity contribution is 7.92. The van der Waals surface area contributed by atoms with Gasteiger partial charge in [0.1, 0.15) is 17.2 Å². The minimum Gasteiger partial charge on any atom is -0.497 e. The fraction of sp³-hybridized carbons (Fsp3) is 0.161. The zero-order valence-electron chi connectivity index (χ0n) is 20.9. The predicted octanol–water partition coefficient (Wildman–Crippen LogP) is 7.11. The fourth-order valence-corrected chi connectivity index (χ4v) is 6.43. The molecule has 38 heavy (non-hydrogen) atoms. The van der Waals surface area contributed by atoms with E-state index in [2.05, 4.69) is 34.3 Å². The van der Waals surface area contributed by atoms with Crippen LogP contribution in [0.4, 0.5) is 11.4 Å². The number of nitrogens with one attached hydrogen (secondary N) is 2. The van der Waals surface area contributed by atoms with Gasteiger partial charge in [-0.1, -0.05) is 42.5 Å². The molecule has 6 nitrogen and oxygen atoms in total. The molecule has 0 aromatic heterocycles. The minimum absolute atomic E-state index is 0.106. The lowest BCUT2D eigenvalue weighted by Gasteiger charge is -2.37. The van der Waals surface area contributed by atoms with Crippen molar-refractivity contribution in [2.75, 3.05) is 17.1 Å². The summed E-state index contributed by atoms with van der Waals surface area (Å²) in [4.78, 5) is 0.238. The first-order valence-corrected chi connectivity index (χ1v) is 14.1. The van der Waals surface area contributed by atoms with E-state index in [1.165, 1.54) is 0 Å². The lowest BCUT2D eigenvalue weighted by molar-refractivity contribution is 0.406. The number of allylic oxidation sites excluding steroid dienone is 2. The van der Waals surface area contributed by atoms with Crippen molar-refractivity contribution in [1.29, 1.82) is 0 Å². The van der Waals surface area contributed by atoms with E-state index in [1.54, 1.807) is 43.5 Å². The zero-order chi connectivity index (χ0) is 26.1. The van der Waals surface area contributed by atoms with E-state index in [0.29, 0.717) is 11.4 Å². The van der Waals surface area contributed by atoms with Crippen molar-refractivity contribution in [3.05, 3.63) is 120 Å². The Morgan fingerprint density at radius 2 is 1.61 bits per heavy atom. The van der Waals surface area contributed by atoms with Crippen LogP contribution in [0.25, 0.3) is 0 Å². The van der Waals surface area contributed by atoms with Crippen LogP contribution in [0.1, 0.15) is 29.5 Å². The molecule has 4 aromatic rings. The third-order valence-corrected chi connectivity index (χ3v) is 8.56. The third kappa shape index (κ3) is 4.73. The van der Waals surface area contributed by atoms with Crippen LogP contribution in [0.5, 0.6) is 17.2 Å². The van der Waals surface area contributed by atoms with Gasteiger partial charge < -0.3 is 14.8 Å². The fourth-order valence-electron chi connectivity index (χ4n) is 5.33. The quantitative estimate of drug-likeness (QED) is 0.252. The molecule has 192 valence electrons. The van der Waals surface area contributed by atoms with Gasteiger partial charge >= 0.3 is 0 Å². The highest BCUT2D eigenvalue weighted by atomic mass is 32.2. The SMILES string of the molecule is COc1cccc([C@H]2Nc3ccc(S(=O)(=O)Nc4ccc(Oc5ccccc5)cc4)cc3[C@H]3C=CC[C@H]32)c1. The molecule has 4 aromatic carbocycles. The smallest absolute Gasteiger partial charge is 0.261 e. The van der Waals surface area contributed by atoms with Gasteiger partial charge in [-0.25, -0.2) is 8.42 Å². The summed E-state index contributed by atoms with van der Waals surface area (Å²) in [7, 11) is -2.11. The van der Waals surface area contributed by atoms with E-state index in [-0.39, 0.29) is 22.8 Å². The number of rotatable bonds is 7. The molecule has 2 N–H and O–H groups in total. The van der Waals surface area contributed by atoms with Gasteiger partial charge in [-0.05, 0) is 90.2 Å². The average molecular weight is 525 g/mol. The summed E-state index contributed by atoms with van der Waals surface area (Å²) >= 11 is 0. The number of hydrogen-bond donors (Lipinski definition) is 2. The maximum absolute atomic E-state index is 13.3. The van der Waals surface area contributed by atoms with Gasteiger partial charge in [-0.2, -0.15) is 0 Å². The molecule has 0 radical (unpaired) electrons. The summed E-state index contributed by atoms with van der Waals surface area (Å²) in [5.74, 6) is 2.59. The Labute approximate surface area is 223 Å². The van der Waals surface area contributed by atoms with Gasteiger partial charge in [0, 0.05) is 17.3 Å². The van der Waals surface area contributed by atoms with Crippen LogP contribution < -0.4 is 19.5 Å². The summed E-state index contributed by atoms with van der Waals surface area (Å²) in [6.45, 7) is 0. The standard InChI is InChI=1S/C31H28N2O4S/c1-36-25-10-5-7-21(19-25)31-28-12-6-11-27(28)29-20-26(17-18-30(29)32-31)38(34,35)33-22-13-15-24(16-14-22)37-23-8-3-2-4-9-23/h2-11,13-20,27-28,31-33H,12H2,1H3/t27-,28+,31+/m0/s1. The molecular weight excluding hydrogens is 496 g/mol. The molecule has 1 aliphatic heterocycles. The highest BCUT2D eigenvalue weighted by Gasteiger charge is 2.38. The molecule has 0 fully saturated rings. The minimum atomic E-state index is -3.78. The van der Waals surface area contributed by atoms with Crippen molar-refractivity contribution in [2.24, 2.45) is 5.92 Å². The lowest BCUT2D eigenvalue weighted by Crippen LogP contribution is -2.29. The summed E-state index contributed by atoms with van der Waals surface area (Å²) < 4.78 is 40.6. The first-order valence-electron chi connectivity index (χ1n) is 12.6. The Kier molecular flexibility index (Phi) is 6.29. The summed E-state index contributed by atoms with van der Waals surface area (Å²) in [6.07, 6.45) is 5.32. The van der Waals surface area contributed by atoms with E-state index >= 15 is 0 Å². The molecule has 0 spiro atoms. The first-order chi connectivity index (χ1) is 18.5. The molecule has 2 aliphatic rings. The number of methoxy groups -OCH3 is 1. The molecule has 0 saturated heterocycles. The molecule has 6 rings (SSSR count). The van der Waals surface area contributed by atoms with Crippen molar-refractivity contribution in [3.8, 4) is 17.2 Å². The number of para-hydroxylation sites is 1. The Bertz CT molecular complexity index is 1580. The van der Waals surface area contributed by atoms with Gasteiger partial charge in [0.2, 0.25) is 0 Å². The van der Waals surface area contributed by atoms with Crippen LogP contribution in [0.15, 0.2) is 114 Å². The van der Waals surface area contributed by atoms with Crippen LogP contribution in [0.3, 0.4) is 0 Å². The maximum atomic E-state index is 13.3. The van der Waals surface area contributed by atoms with Crippen molar-refractivity contribution in [3.63, 3.8) is 0 Å². The number of anilines is 2. The van der Waals surface area contributed by atoms with Crippen LogP contribution in [-0.2, 0) is 10.0 Å². The molecule has 0 saturated carbocycles. The van der Waals surface area contributed by atoms with Crippen LogP contribution >= 0.6 is 0 Å². The topological polar surface area (TPSA) is 76.7 Å². The second-order valence-corrected chi connectivity index (χ2v) is 11.2. The number of hydrogen-bond acceptors (Lipinski definition) is 5. The molecule has 0 bridgehead atoms. The molecular formula is C31H28N2O4S. The second kappa shape index (κ2) is 9.91. The largest absolute Gasteiger partial charge is 0.497 e. The molecule has 1 aliphatic carbocycles. The van der Waals surface area contributed by atoms with Crippen molar-refractivity contribution < 1.29 is 17.9 Å². The summed E-state index contributed by atoms with van der Waals surface area (Å²) in [5, 5.41) is 3.67. The van der Waals surface area contributed by atoms with Crippen molar-refractivity contribution >= 4 is 21.4 Å². The monoisotopic (exact) mass is 524 g/mol. The van der Waals surface area contributed by atoms with Crippen molar-refractivity contribution in [1.82, 2.24) is 0 Å². The Morgan fingerprint density at radius 1 is 0.842 bits per heavy atom. The molecule has 3 atom stereocenters. The van der Waals surface area contributed by atoms with Gasteiger partial charge in [-0.15, -0.1) is 0 Å².